The number of aldehydes is 1. The van der Waals surface area contributed by atoms with Crippen LogP contribution in [0.1, 0.15) is 16.7 Å². The average Bonchev–Trinajstić information content (AvgIpc) is 2.25. The van der Waals surface area contributed by atoms with Gasteiger partial charge in [0.25, 0.3) is 0 Å². The van der Waals surface area contributed by atoms with E-state index in [2.05, 4.69) is 0 Å². The maximum atomic E-state index is 10.1. The van der Waals surface area contributed by atoms with Gasteiger partial charge < -0.3 is 10.2 Å². The van der Waals surface area contributed by atoms with Crippen molar-refractivity contribution < 1.29 is 15.0 Å². The Kier molecular flexibility index (Phi) is 4.04. The lowest BCUT2D eigenvalue weighted by Crippen LogP contribution is -1.94. The maximum Gasteiger partial charge on any atom is 0.142 e. The quantitative estimate of drug-likeness (QED) is 0.550. The highest BCUT2D eigenvalue weighted by Crippen LogP contribution is 2.13. The molecule has 0 radical (unpaired) electrons. The van der Waals surface area contributed by atoms with Crippen molar-refractivity contribution in [2.24, 2.45) is 0 Å². The van der Waals surface area contributed by atoms with Crippen LogP contribution >= 0.6 is 0 Å². The van der Waals surface area contributed by atoms with E-state index in [1.165, 1.54) is 6.08 Å². The summed E-state index contributed by atoms with van der Waals surface area (Å²) >= 11 is 0. The molecule has 14 heavy (non-hydrogen) atoms. The van der Waals surface area contributed by atoms with Crippen LogP contribution in [-0.4, -0.2) is 16.5 Å². The predicted molar refractivity (Wildman–Crippen MR) is 53.4 cm³/mol. The van der Waals surface area contributed by atoms with Gasteiger partial charge in [-0.25, -0.2) is 0 Å². The first-order valence-corrected chi connectivity index (χ1v) is 4.27. The first-order chi connectivity index (χ1) is 6.81. The van der Waals surface area contributed by atoms with Crippen LogP contribution in [0.3, 0.4) is 0 Å². The lowest BCUT2D eigenvalue weighted by molar-refractivity contribution is -0.104. The largest absolute Gasteiger partial charge is 0.392 e. The van der Waals surface area contributed by atoms with Crippen LogP contribution in [0.2, 0.25) is 0 Å². The fraction of sp³-hybridized carbons (Fsp3) is 0.182. The monoisotopic (exact) mass is 192 g/mol. The van der Waals surface area contributed by atoms with Crippen LogP contribution in [0.5, 0.6) is 0 Å². The van der Waals surface area contributed by atoms with E-state index in [0.29, 0.717) is 17.4 Å². The fourth-order valence-corrected chi connectivity index (χ4v) is 1.20. The number of hydrogen-bond acceptors (Lipinski definition) is 3. The van der Waals surface area contributed by atoms with Gasteiger partial charge in [-0.2, -0.15) is 0 Å². The van der Waals surface area contributed by atoms with E-state index in [1.54, 1.807) is 24.3 Å². The molecule has 3 heteroatoms. The topological polar surface area (TPSA) is 57.5 Å². The highest BCUT2D eigenvalue weighted by molar-refractivity contribution is 5.73. The third-order valence-electron chi connectivity index (χ3n) is 1.94. The number of carbonyl (C=O) groups excluding carboxylic acids is 1. The van der Waals surface area contributed by atoms with E-state index in [4.69, 9.17) is 10.2 Å². The van der Waals surface area contributed by atoms with Gasteiger partial charge in [-0.05, 0) is 28.8 Å². The average molecular weight is 192 g/mol. The molecule has 3 nitrogen and oxygen atoms in total. The number of aliphatic hydroxyl groups is 2. The van der Waals surface area contributed by atoms with Gasteiger partial charge in [0.15, 0.2) is 0 Å². The van der Waals surface area contributed by atoms with Crippen LogP contribution in [0.25, 0.3) is 6.08 Å². The zero-order chi connectivity index (χ0) is 10.4. The van der Waals surface area contributed by atoms with Gasteiger partial charge in [0.2, 0.25) is 0 Å². The first kappa shape index (κ1) is 10.6. The molecular formula is C11H12O3. The molecule has 0 aliphatic carbocycles. The van der Waals surface area contributed by atoms with Gasteiger partial charge in [0, 0.05) is 0 Å². The molecule has 0 fully saturated rings. The SMILES string of the molecule is O=CC=Cc1ccc(CO)c(CO)c1. The van der Waals surface area contributed by atoms with E-state index in [1.807, 2.05) is 0 Å². The summed E-state index contributed by atoms with van der Waals surface area (Å²) in [6, 6.07) is 5.26. The fourth-order valence-electron chi connectivity index (χ4n) is 1.20. The molecule has 0 aliphatic rings. The Morgan fingerprint density at radius 2 is 1.86 bits per heavy atom. The number of rotatable bonds is 4. The van der Waals surface area contributed by atoms with Gasteiger partial charge in [-0.1, -0.05) is 18.2 Å². The highest BCUT2D eigenvalue weighted by atomic mass is 16.3. The van der Waals surface area contributed by atoms with Gasteiger partial charge in [-0.3, -0.25) is 4.79 Å². The molecule has 1 aromatic rings. The predicted octanol–water partition coefficient (Wildman–Crippen LogP) is 0.883. The lowest BCUT2D eigenvalue weighted by Gasteiger charge is -2.04. The number of carbonyl (C=O) groups is 1. The summed E-state index contributed by atoms with van der Waals surface area (Å²) in [7, 11) is 0. The van der Waals surface area contributed by atoms with Crippen molar-refractivity contribution in [3.05, 3.63) is 41.0 Å². The molecule has 0 bridgehead atoms. The summed E-state index contributed by atoms with van der Waals surface area (Å²) in [5.74, 6) is 0. The molecule has 0 aliphatic heterocycles. The normalized spacial score (nSPS) is 10.7. The minimum atomic E-state index is -0.112. The smallest absolute Gasteiger partial charge is 0.142 e. The standard InChI is InChI=1S/C11H12O3/c12-5-1-2-9-3-4-10(7-13)11(6-9)8-14/h1-6,13-14H,7-8H2. The van der Waals surface area contributed by atoms with E-state index >= 15 is 0 Å². The van der Waals surface area contributed by atoms with Crippen molar-refractivity contribution in [3.8, 4) is 0 Å². The van der Waals surface area contributed by atoms with Crippen molar-refractivity contribution in [1.82, 2.24) is 0 Å². The molecule has 0 amide bonds. The Balaban J connectivity index is 3.00. The van der Waals surface area contributed by atoms with Gasteiger partial charge in [0.05, 0.1) is 13.2 Å². The highest BCUT2D eigenvalue weighted by Gasteiger charge is 2.00. The molecule has 1 rings (SSSR count). The van der Waals surface area contributed by atoms with Crippen molar-refractivity contribution in [3.63, 3.8) is 0 Å². The molecule has 0 aromatic heterocycles. The molecule has 2 N–H and O–H groups in total. The molecule has 0 saturated heterocycles. The third-order valence-corrected chi connectivity index (χ3v) is 1.94. The van der Waals surface area contributed by atoms with Crippen LogP contribution in [0.15, 0.2) is 24.3 Å². The number of hydrogen-bond donors (Lipinski definition) is 2. The molecule has 0 saturated carbocycles. The Morgan fingerprint density at radius 1 is 1.14 bits per heavy atom. The summed E-state index contributed by atoms with van der Waals surface area (Å²) in [6.45, 7) is -0.202. The Labute approximate surface area is 82.3 Å². The first-order valence-electron chi connectivity index (χ1n) is 4.27. The second-order valence-corrected chi connectivity index (χ2v) is 2.84. The lowest BCUT2D eigenvalue weighted by atomic mass is 10.0. The number of allylic oxidation sites excluding steroid dienone is 1. The van der Waals surface area contributed by atoms with Crippen molar-refractivity contribution in [2.45, 2.75) is 13.2 Å². The minimum Gasteiger partial charge on any atom is -0.392 e. The number of benzene rings is 1. The van der Waals surface area contributed by atoms with Crippen molar-refractivity contribution >= 4 is 12.4 Å². The van der Waals surface area contributed by atoms with Crippen LogP contribution in [-0.2, 0) is 18.0 Å². The molecule has 0 atom stereocenters. The van der Waals surface area contributed by atoms with E-state index in [-0.39, 0.29) is 13.2 Å². The molecule has 0 unspecified atom stereocenters. The second kappa shape index (κ2) is 5.32. The molecule has 0 spiro atoms. The molecule has 0 heterocycles. The third kappa shape index (κ3) is 2.52. The Bertz CT molecular complexity index is 342. The molecule has 1 aromatic carbocycles. The van der Waals surface area contributed by atoms with Gasteiger partial charge in [0.1, 0.15) is 6.29 Å². The summed E-state index contributed by atoms with van der Waals surface area (Å²) in [5.41, 5.74) is 2.22. The molecular weight excluding hydrogens is 180 g/mol. The zero-order valence-corrected chi connectivity index (χ0v) is 7.68. The summed E-state index contributed by atoms with van der Waals surface area (Å²) in [5, 5.41) is 17.9. The van der Waals surface area contributed by atoms with Crippen LogP contribution < -0.4 is 0 Å². The van der Waals surface area contributed by atoms with Crippen molar-refractivity contribution in [2.75, 3.05) is 0 Å². The van der Waals surface area contributed by atoms with E-state index < -0.39 is 0 Å². The van der Waals surface area contributed by atoms with Gasteiger partial charge >= 0.3 is 0 Å². The van der Waals surface area contributed by atoms with Crippen LogP contribution in [0.4, 0.5) is 0 Å². The summed E-state index contributed by atoms with van der Waals surface area (Å²) < 4.78 is 0. The summed E-state index contributed by atoms with van der Waals surface area (Å²) in [4.78, 5) is 10.1. The van der Waals surface area contributed by atoms with E-state index in [0.717, 1.165) is 5.56 Å². The minimum absolute atomic E-state index is 0.0897. The van der Waals surface area contributed by atoms with E-state index in [9.17, 15) is 4.79 Å². The molecule has 74 valence electrons. The zero-order valence-electron chi connectivity index (χ0n) is 7.68. The van der Waals surface area contributed by atoms with Gasteiger partial charge in [-0.15, -0.1) is 0 Å². The van der Waals surface area contributed by atoms with Crippen LogP contribution in [0, 0.1) is 0 Å². The number of aliphatic hydroxyl groups excluding tert-OH is 2. The second-order valence-electron chi connectivity index (χ2n) is 2.84. The summed E-state index contributed by atoms with van der Waals surface area (Å²) in [6.07, 6.45) is 3.72. The Hall–Kier alpha value is -1.45. The Morgan fingerprint density at radius 3 is 2.43 bits per heavy atom. The maximum absolute atomic E-state index is 10.1. The van der Waals surface area contributed by atoms with Crippen molar-refractivity contribution in [1.29, 1.82) is 0 Å².